The Morgan fingerprint density at radius 1 is 1.17 bits per heavy atom. The summed E-state index contributed by atoms with van der Waals surface area (Å²) in [6.45, 7) is 7.14. The van der Waals surface area contributed by atoms with E-state index in [9.17, 15) is 9.59 Å². The van der Waals surface area contributed by atoms with E-state index in [1.807, 2.05) is 24.0 Å². The minimum Gasteiger partial charge on any atom is -0.360 e. The van der Waals surface area contributed by atoms with Crippen molar-refractivity contribution in [1.29, 1.82) is 0 Å². The number of hydrogen-bond donors (Lipinski definition) is 1. The van der Waals surface area contributed by atoms with Gasteiger partial charge in [0.15, 0.2) is 5.82 Å². The first-order chi connectivity index (χ1) is 14.0. The zero-order valence-corrected chi connectivity index (χ0v) is 16.5. The normalized spacial score (nSPS) is 15.0. The molecule has 1 aromatic carbocycles. The lowest BCUT2D eigenvalue weighted by Crippen LogP contribution is -2.50. The van der Waals surface area contributed by atoms with Gasteiger partial charge in [-0.3, -0.25) is 14.5 Å². The number of aryl methyl sites for hydroxylation is 2. The highest BCUT2D eigenvalue weighted by Gasteiger charge is 2.24. The number of anilines is 1. The number of carbonyl (C=O) groups is 2. The summed E-state index contributed by atoms with van der Waals surface area (Å²) in [5.41, 5.74) is 2.24. The third kappa shape index (κ3) is 4.11. The fourth-order valence-electron chi connectivity index (χ4n) is 3.44. The molecular formula is C19H23N7O3. The Labute approximate surface area is 167 Å². The Bertz CT molecular complexity index is 1030. The maximum Gasteiger partial charge on any atom is 0.254 e. The molecule has 1 aliphatic heterocycles. The Kier molecular flexibility index (Phi) is 5.26. The molecule has 10 nitrogen and oxygen atoms in total. The standard InChI is InChI=1S/C19H23N7O3/c1-3-26-16-5-4-14(11-15(16)21-23-26)19(28)25-8-6-24(7-9-25)12-18(27)20-17-10-13(2)29-22-17/h4-5,10-11H,3,6-9,12H2,1-2H3,(H,20,22,27). The SMILES string of the molecule is CCn1nnc2cc(C(=O)N3CCN(CC(=O)Nc4cc(C)on4)CC3)ccc21. The lowest BCUT2D eigenvalue weighted by atomic mass is 10.1. The molecular weight excluding hydrogens is 374 g/mol. The maximum atomic E-state index is 12.8. The fraction of sp³-hybridized carbons (Fsp3) is 0.421. The van der Waals surface area contributed by atoms with Gasteiger partial charge in [-0.05, 0) is 32.0 Å². The van der Waals surface area contributed by atoms with Crippen molar-refractivity contribution in [3.63, 3.8) is 0 Å². The summed E-state index contributed by atoms with van der Waals surface area (Å²) in [5, 5.41) is 14.7. The molecule has 3 heterocycles. The van der Waals surface area contributed by atoms with E-state index in [2.05, 4.69) is 20.8 Å². The summed E-state index contributed by atoms with van der Waals surface area (Å²) in [6.07, 6.45) is 0. The van der Waals surface area contributed by atoms with Crippen LogP contribution in [0.4, 0.5) is 5.82 Å². The molecule has 0 radical (unpaired) electrons. The van der Waals surface area contributed by atoms with Gasteiger partial charge in [0.25, 0.3) is 5.91 Å². The lowest BCUT2D eigenvalue weighted by Gasteiger charge is -2.34. The van der Waals surface area contributed by atoms with Gasteiger partial charge in [-0.25, -0.2) is 4.68 Å². The van der Waals surface area contributed by atoms with E-state index in [4.69, 9.17) is 4.52 Å². The number of carbonyl (C=O) groups excluding carboxylic acids is 2. The topological polar surface area (TPSA) is 109 Å². The first kappa shape index (κ1) is 19.1. The minimum atomic E-state index is -0.150. The van der Waals surface area contributed by atoms with E-state index in [0.29, 0.717) is 43.3 Å². The van der Waals surface area contributed by atoms with Crippen LogP contribution in [0.3, 0.4) is 0 Å². The molecule has 10 heteroatoms. The van der Waals surface area contributed by atoms with Gasteiger partial charge in [-0.15, -0.1) is 5.10 Å². The molecule has 1 N–H and O–H groups in total. The maximum absolute atomic E-state index is 12.8. The molecule has 0 atom stereocenters. The molecule has 3 aromatic rings. The third-order valence-electron chi connectivity index (χ3n) is 4.98. The highest BCUT2D eigenvalue weighted by Crippen LogP contribution is 2.16. The monoisotopic (exact) mass is 397 g/mol. The van der Waals surface area contributed by atoms with Gasteiger partial charge in [0.1, 0.15) is 11.3 Å². The van der Waals surface area contributed by atoms with E-state index in [0.717, 1.165) is 17.6 Å². The van der Waals surface area contributed by atoms with Crippen LogP contribution in [0.15, 0.2) is 28.8 Å². The Balaban J connectivity index is 1.32. The molecule has 2 amide bonds. The van der Waals surface area contributed by atoms with Crippen LogP contribution in [-0.4, -0.2) is 74.5 Å². The average molecular weight is 397 g/mol. The molecule has 4 rings (SSSR count). The molecule has 1 saturated heterocycles. The second-order valence-corrected chi connectivity index (χ2v) is 7.05. The largest absolute Gasteiger partial charge is 0.360 e. The highest BCUT2D eigenvalue weighted by molar-refractivity contribution is 5.97. The number of fused-ring (bicyclic) bond motifs is 1. The van der Waals surface area contributed by atoms with Gasteiger partial charge in [-0.2, -0.15) is 0 Å². The van der Waals surface area contributed by atoms with E-state index in [1.165, 1.54) is 0 Å². The predicted molar refractivity (Wildman–Crippen MR) is 105 cm³/mol. The van der Waals surface area contributed by atoms with E-state index < -0.39 is 0 Å². The molecule has 1 aliphatic rings. The van der Waals surface area contributed by atoms with Gasteiger partial charge >= 0.3 is 0 Å². The Morgan fingerprint density at radius 3 is 2.66 bits per heavy atom. The number of piperazine rings is 1. The van der Waals surface area contributed by atoms with Gasteiger partial charge in [0, 0.05) is 44.4 Å². The second kappa shape index (κ2) is 8.00. The van der Waals surface area contributed by atoms with Crippen LogP contribution < -0.4 is 5.32 Å². The Hall–Kier alpha value is -3.27. The van der Waals surface area contributed by atoms with Crippen molar-refractivity contribution in [1.82, 2.24) is 30.0 Å². The summed E-state index contributed by atoms with van der Waals surface area (Å²) in [5.74, 6) is 0.877. The number of benzene rings is 1. The smallest absolute Gasteiger partial charge is 0.254 e. The van der Waals surface area contributed by atoms with Crippen LogP contribution >= 0.6 is 0 Å². The summed E-state index contributed by atoms with van der Waals surface area (Å²) in [6, 6.07) is 7.17. The molecule has 2 aromatic heterocycles. The van der Waals surface area contributed by atoms with Crippen LogP contribution in [0, 0.1) is 6.92 Å². The van der Waals surface area contributed by atoms with Gasteiger partial charge in [-0.1, -0.05) is 10.4 Å². The molecule has 0 aliphatic carbocycles. The van der Waals surface area contributed by atoms with E-state index in [1.54, 1.807) is 28.6 Å². The number of rotatable bonds is 5. The summed E-state index contributed by atoms with van der Waals surface area (Å²) >= 11 is 0. The number of amides is 2. The fourth-order valence-corrected chi connectivity index (χ4v) is 3.44. The number of aromatic nitrogens is 4. The molecule has 0 spiro atoms. The second-order valence-electron chi connectivity index (χ2n) is 7.05. The van der Waals surface area contributed by atoms with Crippen molar-refractivity contribution < 1.29 is 14.1 Å². The third-order valence-corrected chi connectivity index (χ3v) is 4.98. The van der Waals surface area contributed by atoms with Gasteiger partial charge < -0.3 is 14.7 Å². The summed E-state index contributed by atoms with van der Waals surface area (Å²) in [7, 11) is 0. The Morgan fingerprint density at radius 2 is 1.97 bits per heavy atom. The summed E-state index contributed by atoms with van der Waals surface area (Å²) in [4.78, 5) is 28.8. The van der Waals surface area contributed by atoms with Crippen molar-refractivity contribution in [3.8, 4) is 0 Å². The van der Waals surface area contributed by atoms with Crippen LogP contribution in [0.25, 0.3) is 11.0 Å². The van der Waals surface area contributed by atoms with Crippen LogP contribution in [0.1, 0.15) is 23.0 Å². The highest BCUT2D eigenvalue weighted by atomic mass is 16.5. The molecule has 0 bridgehead atoms. The van der Waals surface area contributed by atoms with Crippen molar-refractivity contribution in [2.75, 3.05) is 38.0 Å². The zero-order valence-electron chi connectivity index (χ0n) is 16.5. The van der Waals surface area contributed by atoms with Crippen LogP contribution in [0.5, 0.6) is 0 Å². The first-order valence-corrected chi connectivity index (χ1v) is 9.61. The number of nitrogens with one attached hydrogen (secondary N) is 1. The van der Waals surface area contributed by atoms with Gasteiger partial charge in [0.05, 0.1) is 12.1 Å². The quantitative estimate of drug-likeness (QED) is 0.688. The van der Waals surface area contributed by atoms with E-state index in [-0.39, 0.29) is 18.4 Å². The average Bonchev–Trinajstić information content (AvgIpc) is 3.32. The minimum absolute atomic E-state index is 0.0277. The van der Waals surface area contributed by atoms with Crippen molar-refractivity contribution in [2.24, 2.45) is 0 Å². The zero-order chi connectivity index (χ0) is 20.4. The summed E-state index contributed by atoms with van der Waals surface area (Å²) < 4.78 is 6.74. The van der Waals surface area contributed by atoms with Crippen molar-refractivity contribution in [2.45, 2.75) is 20.4 Å². The van der Waals surface area contributed by atoms with Crippen molar-refractivity contribution >= 4 is 28.7 Å². The van der Waals surface area contributed by atoms with Crippen LogP contribution in [0.2, 0.25) is 0 Å². The molecule has 0 saturated carbocycles. The molecule has 152 valence electrons. The molecule has 0 unspecified atom stereocenters. The predicted octanol–water partition coefficient (Wildman–Crippen LogP) is 1.14. The molecule has 1 fully saturated rings. The number of nitrogens with zero attached hydrogens (tertiary/aromatic N) is 6. The lowest BCUT2D eigenvalue weighted by molar-refractivity contribution is -0.117. The first-order valence-electron chi connectivity index (χ1n) is 9.61. The number of hydrogen-bond acceptors (Lipinski definition) is 7. The van der Waals surface area contributed by atoms with E-state index >= 15 is 0 Å². The van der Waals surface area contributed by atoms with Crippen molar-refractivity contribution in [3.05, 3.63) is 35.6 Å². The van der Waals surface area contributed by atoms with Gasteiger partial charge in [0.2, 0.25) is 5.91 Å². The van der Waals surface area contributed by atoms with Crippen LogP contribution in [-0.2, 0) is 11.3 Å². The molecule has 29 heavy (non-hydrogen) atoms.